The third kappa shape index (κ3) is 2.72. The van der Waals surface area contributed by atoms with Crippen LogP contribution in [0.1, 0.15) is 30.8 Å². The molecule has 2 rings (SSSR count). The summed E-state index contributed by atoms with van der Waals surface area (Å²) in [6.07, 6.45) is 0.432. The predicted octanol–water partition coefficient (Wildman–Crippen LogP) is 3.42. The standard InChI is InChI=1S/C15H19ClFN3/c1-4-20-13(14(16)10(2)19-20)9-15(3,18)11-7-5-6-8-12(11)17/h5-8H,4,9,18H2,1-3H3. The third-order valence-electron chi connectivity index (χ3n) is 3.48. The molecule has 0 spiro atoms. The topological polar surface area (TPSA) is 43.8 Å². The second-order valence-electron chi connectivity index (χ2n) is 5.24. The van der Waals surface area contributed by atoms with E-state index in [-0.39, 0.29) is 5.82 Å². The van der Waals surface area contributed by atoms with Gasteiger partial charge >= 0.3 is 0 Å². The van der Waals surface area contributed by atoms with Crippen molar-refractivity contribution in [2.75, 3.05) is 0 Å². The first-order valence-electron chi connectivity index (χ1n) is 6.62. The summed E-state index contributed by atoms with van der Waals surface area (Å²) in [5.74, 6) is -0.298. The summed E-state index contributed by atoms with van der Waals surface area (Å²) in [4.78, 5) is 0. The molecule has 1 heterocycles. The number of hydrogen-bond donors (Lipinski definition) is 1. The Labute approximate surface area is 123 Å². The monoisotopic (exact) mass is 295 g/mol. The smallest absolute Gasteiger partial charge is 0.128 e. The van der Waals surface area contributed by atoms with E-state index in [9.17, 15) is 4.39 Å². The van der Waals surface area contributed by atoms with Gasteiger partial charge in [-0.05, 0) is 26.8 Å². The van der Waals surface area contributed by atoms with Gasteiger partial charge in [-0.15, -0.1) is 0 Å². The first-order chi connectivity index (χ1) is 9.36. The van der Waals surface area contributed by atoms with Crippen LogP contribution in [-0.2, 0) is 18.5 Å². The average molecular weight is 296 g/mol. The Morgan fingerprint density at radius 3 is 2.65 bits per heavy atom. The number of halogens is 2. The molecular formula is C15H19ClFN3. The van der Waals surface area contributed by atoms with Crippen LogP contribution in [0.15, 0.2) is 24.3 Å². The molecule has 0 saturated carbocycles. The Bertz CT molecular complexity index is 620. The lowest BCUT2D eigenvalue weighted by atomic mass is 9.88. The largest absolute Gasteiger partial charge is 0.321 e. The van der Waals surface area contributed by atoms with Crippen LogP contribution < -0.4 is 5.73 Å². The fourth-order valence-electron chi connectivity index (χ4n) is 2.41. The van der Waals surface area contributed by atoms with E-state index in [4.69, 9.17) is 17.3 Å². The van der Waals surface area contributed by atoms with Gasteiger partial charge in [0.15, 0.2) is 0 Å². The SMILES string of the molecule is CCn1nc(C)c(Cl)c1CC(C)(N)c1ccccc1F. The summed E-state index contributed by atoms with van der Waals surface area (Å²) >= 11 is 6.29. The van der Waals surface area contributed by atoms with E-state index in [1.54, 1.807) is 18.2 Å². The van der Waals surface area contributed by atoms with Crippen LogP contribution in [0.2, 0.25) is 5.02 Å². The van der Waals surface area contributed by atoms with Crippen LogP contribution in [0.3, 0.4) is 0 Å². The molecule has 0 fully saturated rings. The molecule has 0 saturated heterocycles. The molecule has 0 aliphatic carbocycles. The fourth-order valence-corrected chi connectivity index (χ4v) is 2.61. The maximum Gasteiger partial charge on any atom is 0.128 e. The first kappa shape index (κ1) is 15.0. The van der Waals surface area contributed by atoms with Gasteiger partial charge in [0.1, 0.15) is 5.82 Å². The summed E-state index contributed by atoms with van der Waals surface area (Å²) in [5, 5.41) is 4.98. The summed E-state index contributed by atoms with van der Waals surface area (Å²) in [6, 6.07) is 6.57. The molecule has 1 atom stereocenters. The van der Waals surface area contributed by atoms with Gasteiger partial charge in [0.25, 0.3) is 0 Å². The number of rotatable bonds is 4. The zero-order valence-corrected chi connectivity index (χ0v) is 12.7. The molecule has 2 N–H and O–H groups in total. The van der Waals surface area contributed by atoms with Gasteiger partial charge in [0.05, 0.1) is 16.4 Å². The quantitative estimate of drug-likeness (QED) is 0.939. The molecule has 3 nitrogen and oxygen atoms in total. The molecular weight excluding hydrogens is 277 g/mol. The molecule has 1 aromatic carbocycles. The number of aryl methyl sites for hydroxylation is 2. The van der Waals surface area contributed by atoms with Crippen LogP contribution in [-0.4, -0.2) is 9.78 Å². The van der Waals surface area contributed by atoms with Crippen molar-refractivity contribution in [1.29, 1.82) is 0 Å². The van der Waals surface area contributed by atoms with Crippen molar-refractivity contribution >= 4 is 11.6 Å². The third-order valence-corrected chi connectivity index (χ3v) is 3.97. The number of hydrogen-bond acceptors (Lipinski definition) is 2. The van der Waals surface area contributed by atoms with E-state index < -0.39 is 5.54 Å². The molecule has 0 amide bonds. The van der Waals surface area contributed by atoms with E-state index >= 15 is 0 Å². The van der Waals surface area contributed by atoms with Gasteiger partial charge in [-0.1, -0.05) is 29.8 Å². The van der Waals surface area contributed by atoms with Crippen LogP contribution in [0, 0.1) is 12.7 Å². The summed E-state index contributed by atoms with van der Waals surface area (Å²) in [6.45, 7) is 6.36. The number of benzene rings is 1. The van der Waals surface area contributed by atoms with Crippen molar-refractivity contribution in [3.8, 4) is 0 Å². The maximum absolute atomic E-state index is 13.9. The molecule has 1 unspecified atom stereocenters. The average Bonchev–Trinajstić information content (AvgIpc) is 2.66. The highest BCUT2D eigenvalue weighted by atomic mass is 35.5. The zero-order valence-electron chi connectivity index (χ0n) is 12.0. The maximum atomic E-state index is 13.9. The van der Waals surface area contributed by atoms with Crippen molar-refractivity contribution in [2.45, 2.75) is 39.3 Å². The Kier molecular flexibility index (Phi) is 4.16. The van der Waals surface area contributed by atoms with Crippen LogP contribution >= 0.6 is 11.6 Å². The molecule has 5 heteroatoms. The lowest BCUT2D eigenvalue weighted by Crippen LogP contribution is -2.37. The van der Waals surface area contributed by atoms with Crippen molar-refractivity contribution in [1.82, 2.24) is 9.78 Å². The van der Waals surface area contributed by atoms with Crippen molar-refractivity contribution in [2.24, 2.45) is 5.73 Å². The molecule has 0 bridgehead atoms. The number of nitrogens with two attached hydrogens (primary N) is 1. The number of nitrogens with zero attached hydrogens (tertiary/aromatic N) is 2. The van der Waals surface area contributed by atoms with E-state index in [1.165, 1.54) is 6.07 Å². The summed E-state index contributed by atoms with van der Waals surface area (Å²) in [5.41, 5.74) is 7.60. The minimum absolute atomic E-state index is 0.298. The van der Waals surface area contributed by atoms with Gasteiger partial charge in [-0.3, -0.25) is 4.68 Å². The molecule has 1 aromatic heterocycles. The van der Waals surface area contributed by atoms with E-state index in [1.807, 2.05) is 25.5 Å². The lowest BCUT2D eigenvalue weighted by Gasteiger charge is -2.26. The van der Waals surface area contributed by atoms with Crippen LogP contribution in [0.4, 0.5) is 4.39 Å². The van der Waals surface area contributed by atoms with Gasteiger partial charge in [0.2, 0.25) is 0 Å². The predicted molar refractivity (Wildman–Crippen MR) is 79.3 cm³/mol. The fraction of sp³-hybridized carbons (Fsp3) is 0.400. The normalized spacial score (nSPS) is 14.3. The molecule has 0 aliphatic heterocycles. The van der Waals surface area contributed by atoms with Gasteiger partial charge in [-0.2, -0.15) is 5.10 Å². The Hall–Kier alpha value is -1.39. The minimum atomic E-state index is -0.839. The second-order valence-corrected chi connectivity index (χ2v) is 5.61. The summed E-state index contributed by atoms with van der Waals surface area (Å²) in [7, 11) is 0. The molecule has 20 heavy (non-hydrogen) atoms. The van der Waals surface area contributed by atoms with Crippen LogP contribution in [0.5, 0.6) is 0 Å². The zero-order chi connectivity index (χ0) is 14.9. The van der Waals surface area contributed by atoms with Gasteiger partial charge in [0, 0.05) is 24.1 Å². The molecule has 0 aliphatic rings. The van der Waals surface area contributed by atoms with E-state index in [0.717, 1.165) is 11.4 Å². The van der Waals surface area contributed by atoms with Crippen molar-refractivity contribution < 1.29 is 4.39 Å². The second kappa shape index (κ2) is 5.54. The molecule has 0 radical (unpaired) electrons. The highest BCUT2D eigenvalue weighted by Crippen LogP contribution is 2.29. The Morgan fingerprint density at radius 1 is 1.40 bits per heavy atom. The van der Waals surface area contributed by atoms with Gasteiger partial charge < -0.3 is 5.73 Å². The lowest BCUT2D eigenvalue weighted by molar-refractivity contribution is 0.438. The Morgan fingerprint density at radius 2 is 2.05 bits per heavy atom. The highest BCUT2D eigenvalue weighted by molar-refractivity contribution is 6.31. The molecule has 108 valence electrons. The van der Waals surface area contributed by atoms with E-state index in [2.05, 4.69) is 5.10 Å². The highest BCUT2D eigenvalue weighted by Gasteiger charge is 2.28. The van der Waals surface area contributed by atoms with Gasteiger partial charge in [-0.25, -0.2) is 4.39 Å². The summed E-state index contributed by atoms with van der Waals surface area (Å²) < 4.78 is 15.8. The minimum Gasteiger partial charge on any atom is -0.321 e. The van der Waals surface area contributed by atoms with Crippen molar-refractivity contribution in [3.05, 3.63) is 52.1 Å². The number of aromatic nitrogens is 2. The molecule has 2 aromatic rings. The Balaban J connectivity index is 2.41. The van der Waals surface area contributed by atoms with Crippen molar-refractivity contribution in [3.63, 3.8) is 0 Å². The first-order valence-corrected chi connectivity index (χ1v) is 7.00. The van der Waals surface area contributed by atoms with E-state index in [0.29, 0.717) is 23.6 Å². The van der Waals surface area contributed by atoms with Crippen LogP contribution in [0.25, 0.3) is 0 Å².